The summed E-state index contributed by atoms with van der Waals surface area (Å²) in [6.45, 7) is 0. The van der Waals surface area contributed by atoms with E-state index in [2.05, 4.69) is 5.32 Å². The third-order valence-corrected chi connectivity index (χ3v) is 4.44. The molecule has 4 rings (SSSR count). The van der Waals surface area contributed by atoms with E-state index >= 15 is 0 Å². The number of aromatic nitrogens is 1. The molecule has 2 aromatic heterocycles. The van der Waals surface area contributed by atoms with E-state index in [-0.39, 0.29) is 22.2 Å². The second-order valence-corrected chi connectivity index (χ2v) is 6.23. The van der Waals surface area contributed by atoms with Gasteiger partial charge in [0.05, 0.1) is 12.5 Å². The molecule has 0 aliphatic heterocycles. The molecule has 0 bridgehead atoms. The Balaban J connectivity index is 1.77. The minimum atomic E-state index is -0.733. The largest absolute Gasteiger partial charge is 0.497 e. The Kier molecular flexibility index (Phi) is 4.70. The summed E-state index contributed by atoms with van der Waals surface area (Å²) in [4.78, 5) is 37.5. The maximum atomic E-state index is 13.0. The van der Waals surface area contributed by atoms with Crippen LogP contribution in [-0.2, 0) is 0 Å². The van der Waals surface area contributed by atoms with Crippen molar-refractivity contribution in [2.24, 2.45) is 0 Å². The summed E-state index contributed by atoms with van der Waals surface area (Å²) >= 11 is 0. The molecule has 0 unspecified atom stereocenters. The van der Waals surface area contributed by atoms with Crippen molar-refractivity contribution in [2.45, 2.75) is 0 Å². The van der Waals surface area contributed by atoms with Crippen LogP contribution >= 0.6 is 0 Å². The van der Waals surface area contributed by atoms with Crippen LogP contribution < -0.4 is 21.2 Å². The summed E-state index contributed by atoms with van der Waals surface area (Å²) in [5.74, 6) is 0.197. The van der Waals surface area contributed by atoms with Gasteiger partial charge in [-0.15, -0.1) is 0 Å². The highest BCUT2D eigenvalue weighted by molar-refractivity contribution is 6.04. The zero-order chi connectivity index (χ0) is 20.4. The highest BCUT2D eigenvalue weighted by Gasteiger charge is 2.14. The van der Waals surface area contributed by atoms with Crippen LogP contribution in [0.3, 0.4) is 0 Å². The number of ether oxygens (including phenoxy) is 1. The van der Waals surface area contributed by atoms with Gasteiger partial charge in [-0.3, -0.25) is 14.2 Å². The molecule has 0 radical (unpaired) electrons. The fourth-order valence-electron chi connectivity index (χ4n) is 2.93. The van der Waals surface area contributed by atoms with Gasteiger partial charge in [-0.1, -0.05) is 18.2 Å². The van der Waals surface area contributed by atoms with Crippen LogP contribution in [0.15, 0.2) is 86.9 Å². The summed E-state index contributed by atoms with van der Waals surface area (Å²) in [5, 5.41) is 2.68. The van der Waals surface area contributed by atoms with E-state index in [1.165, 1.54) is 22.9 Å². The average molecular weight is 388 g/mol. The standard InChI is InChI=1S/C22H16N2O5/c1-28-16-9-7-15(8-10-16)24-12-11-19-17(21(24)26)13-18(22(27)29-19)23-20(25)14-5-3-2-4-6-14/h2-13H,1H3,(H,23,25). The van der Waals surface area contributed by atoms with Crippen LogP contribution in [0.1, 0.15) is 10.4 Å². The Labute approximate surface area is 164 Å². The second kappa shape index (κ2) is 7.47. The number of benzene rings is 2. The van der Waals surface area contributed by atoms with E-state index in [9.17, 15) is 14.4 Å². The summed E-state index contributed by atoms with van der Waals surface area (Å²) < 4.78 is 11.8. The van der Waals surface area contributed by atoms with Gasteiger partial charge in [0.25, 0.3) is 11.5 Å². The molecule has 29 heavy (non-hydrogen) atoms. The van der Waals surface area contributed by atoms with Crippen molar-refractivity contribution in [1.29, 1.82) is 0 Å². The highest BCUT2D eigenvalue weighted by Crippen LogP contribution is 2.17. The van der Waals surface area contributed by atoms with Crippen LogP contribution in [0.2, 0.25) is 0 Å². The second-order valence-electron chi connectivity index (χ2n) is 6.23. The number of nitrogens with zero attached hydrogens (tertiary/aromatic N) is 1. The molecule has 0 aliphatic rings. The Morgan fingerprint density at radius 3 is 2.41 bits per heavy atom. The van der Waals surface area contributed by atoms with Gasteiger partial charge >= 0.3 is 5.63 Å². The first-order chi connectivity index (χ1) is 14.1. The number of rotatable bonds is 4. The molecular formula is C22H16N2O5. The lowest BCUT2D eigenvalue weighted by atomic mass is 10.2. The summed E-state index contributed by atoms with van der Waals surface area (Å²) in [7, 11) is 1.56. The molecule has 0 aliphatic carbocycles. The summed E-state index contributed by atoms with van der Waals surface area (Å²) in [6, 6.07) is 18.3. The predicted molar refractivity (Wildman–Crippen MR) is 109 cm³/mol. The monoisotopic (exact) mass is 388 g/mol. The van der Waals surface area contributed by atoms with Crippen LogP contribution in [0, 0.1) is 0 Å². The van der Waals surface area contributed by atoms with Crippen molar-refractivity contribution >= 4 is 22.6 Å². The smallest absolute Gasteiger partial charge is 0.360 e. The molecule has 7 heteroatoms. The number of fused-ring (bicyclic) bond motifs is 1. The molecule has 0 saturated carbocycles. The number of hydrogen-bond acceptors (Lipinski definition) is 5. The van der Waals surface area contributed by atoms with Crippen molar-refractivity contribution in [3.8, 4) is 11.4 Å². The lowest BCUT2D eigenvalue weighted by Crippen LogP contribution is -2.21. The number of hydrogen-bond donors (Lipinski definition) is 1. The third kappa shape index (κ3) is 3.53. The fraction of sp³-hybridized carbons (Fsp3) is 0.0455. The molecule has 0 atom stereocenters. The van der Waals surface area contributed by atoms with Crippen molar-refractivity contribution in [1.82, 2.24) is 4.57 Å². The molecule has 0 fully saturated rings. The molecule has 1 N–H and O–H groups in total. The van der Waals surface area contributed by atoms with E-state index in [0.29, 0.717) is 17.0 Å². The molecule has 7 nitrogen and oxygen atoms in total. The number of nitrogens with one attached hydrogen (secondary N) is 1. The number of pyridine rings is 1. The van der Waals surface area contributed by atoms with Crippen LogP contribution in [0.5, 0.6) is 5.75 Å². The molecular weight excluding hydrogens is 372 g/mol. The first-order valence-electron chi connectivity index (χ1n) is 8.77. The van der Waals surface area contributed by atoms with Gasteiger partial charge in [0, 0.05) is 17.4 Å². The number of carbonyl (C=O) groups is 1. The van der Waals surface area contributed by atoms with E-state index in [1.807, 2.05) is 0 Å². The number of amides is 1. The normalized spacial score (nSPS) is 10.7. The van der Waals surface area contributed by atoms with Crippen LogP contribution in [0.25, 0.3) is 16.7 Å². The molecule has 1 amide bonds. The van der Waals surface area contributed by atoms with Crippen molar-refractivity contribution in [2.75, 3.05) is 12.4 Å². The van der Waals surface area contributed by atoms with Gasteiger partial charge in [-0.25, -0.2) is 4.79 Å². The topological polar surface area (TPSA) is 90.5 Å². The Morgan fingerprint density at radius 2 is 1.72 bits per heavy atom. The molecule has 2 aromatic carbocycles. The molecule has 144 valence electrons. The van der Waals surface area contributed by atoms with Gasteiger partial charge in [-0.2, -0.15) is 0 Å². The quantitative estimate of drug-likeness (QED) is 0.580. The van der Waals surface area contributed by atoms with Gasteiger partial charge in [0.2, 0.25) is 0 Å². The van der Waals surface area contributed by atoms with E-state index in [1.54, 1.807) is 61.7 Å². The van der Waals surface area contributed by atoms with Gasteiger partial charge in [-0.05, 0) is 48.5 Å². The van der Waals surface area contributed by atoms with Crippen molar-refractivity contribution in [3.05, 3.63) is 99.3 Å². The SMILES string of the molecule is COc1ccc(-n2ccc3oc(=O)c(NC(=O)c4ccccc4)cc3c2=O)cc1. The van der Waals surface area contributed by atoms with Crippen LogP contribution in [0.4, 0.5) is 5.69 Å². The number of methoxy groups -OCH3 is 1. The van der Waals surface area contributed by atoms with Gasteiger partial charge in [0.15, 0.2) is 0 Å². The lowest BCUT2D eigenvalue weighted by molar-refractivity contribution is 0.102. The van der Waals surface area contributed by atoms with E-state index in [4.69, 9.17) is 9.15 Å². The maximum absolute atomic E-state index is 13.0. The molecule has 0 spiro atoms. The van der Waals surface area contributed by atoms with E-state index in [0.717, 1.165) is 0 Å². The first-order valence-corrected chi connectivity index (χ1v) is 8.77. The summed E-state index contributed by atoms with van der Waals surface area (Å²) in [6.07, 6.45) is 1.53. The van der Waals surface area contributed by atoms with Gasteiger partial charge in [0.1, 0.15) is 17.0 Å². The Morgan fingerprint density at radius 1 is 1.00 bits per heavy atom. The lowest BCUT2D eigenvalue weighted by Gasteiger charge is -2.09. The molecule has 4 aromatic rings. The number of carbonyl (C=O) groups excluding carboxylic acids is 1. The highest BCUT2D eigenvalue weighted by atomic mass is 16.5. The fourth-order valence-corrected chi connectivity index (χ4v) is 2.93. The zero-order valence-corrected chi connectivity index (χ0v) is 15.4. The average Bonchev–Trinajstić information content (AvgIpc) is 2.76. The van der Waals surface area contributed by atoms with Crippen molar-refractivity contribution < 1.29 is 13.9 Å². The van der Waals surface area contributed by atoms with Gasteiger partial charge < -0.3 is 14.5 Å². The molecule has 2 heterocycles. The summed E-state index contributed by atoms with van der Waals surface area (Å²) in [5.41, 5.74) is -0.0668. The maximum Gasteiger partial charge on any atom is 0.360 e. The Bertz CT molecular complexity index is 1310. The minimum absolute atomic E-state index is 0.101. The third-order valence-electron chi connectivity index (χ3n) is 4.44. The van der Waals surface area contributed by atoms with Crippen molar-refractivity contribution in [3.63, 3.8) is 0 Å². The number of anilines is 1. The Hall–Kier alpha value is -4.13. The first kappa shape index (κ1) is 18.2. The van der Waals surface area contributed by atoms with E-state index < -0.39 is 11.5 Å². The predicted octanol–water partition coefficient (Wildman–Crippen LogP) is 3.20. The molecule has 0 saturated heterocycles. The minimum Gasteiger partial charge on any atom is -0.497 e. The zero-order valence-electron chi connectivity index (χ0n) is 15.4. The van der Waals surface area contributed by atoms with Crippen LogP contribution in [-0.4, -0.2) is 17.6 Å².